The fourth-order valence-corrected chi connectivity index (χ4v) is 2.95. The van der Waals surface area contributed by atoms with Gasteiger partial charge in [0.15, 0.2) is 18.0 Å². The van der Waals surface area contributed by atoms with Gasteiger partial charge in [0.2, 0.25) is 0 Å². The van der Waals surface area contributed by atoms with Gasteiger partial charge in [-0.15, -0.1) is 0 Å². The van der Waals surface area contributed by atoms with Gasteiger partial charge in [-0.25, -0.2) is 14.4 Å². The quantitative estimate of drug-likeness (QED) is 0.313. The second-order valence-corrected chi connectivity index (χ2v) is 8.47. The number of carbonyl (C=O) groups is 3. The Balaban J connectivity index is 0.000000382. The van der Waals surface area contributed by atoms with E-state index in [9.17, 15) is 14.4 Å². The van der Waals surface area contributed by atoms with Crippen molar-refractivity contribution in [2.24, 2.45) is 5.73 Å². The van der Waals surface area contributed by atoms with Crippen molar-refractivity contribution in [1.29, 1.82) is 0 Å². The minimum atomic E-state index is -2.27. The first-order valence-corrected chi connectivity index (χ1v) is 9.30. The lowest BCUT2D eigenvalue weighted by Crippen LogP contribution is -2.39. The molecule has 12 nitrogen and oxygen atoms in total. The maximum absolute atomic E-state index is 11.7. The van der Waals surface area contributed by atoms with Gasteiger partial charge in [0.1, 0.15) is 24.4 Å². The zero-order chi connectivity index (χ0) is 23.4. The molecule has 0 radical (unpaired) electrons. The molecule has 1 saturated heterocycles. The zero-order valence-electron chi connectivity index (χ0n) is 17.6. The van der Waals surface area contributed by atoms with Crippen LogP contribution >= 0.6 is 0 Å². The van der Waals surface area contributed by atoms with Crippen LogP contribution in [0, 0.1) is 0 Å². The van der Waals surface area contributed by atoms with Crippen molar-refractivity contribution < 1.29 is 53.8 Å². The maximum atomic E-state index is 11.7. The summed E-state index contributed by atoms with van der Waals surface area (Å²) in [5.74, 6) is -4.57. The number of ether oxygens (including phenoxy) is 4. The minimum Gasteiger partial charge on any atom is -0.479 e. The van der Waals surface area contributed by atoms with Crippen LogP contribution in [0.4, 0.5) is 0 Å². The van der Waals surface area contributed by atoms with Gasteiger partial charge in [0.05, 0.1) is 6.10 Å². The first-order chi connectivity index (χ1) is 13.5. The predicted octanol–water partition coefficient (Wildman–Crippen LogP) is -1.16. The van der Waals surface area contributed by atoms with Crippen molar-refractivity contribution in [2.75, 3.05) is 6.61 Å². The second-order valence-electron chi connectivity index (χ2n) is 8.47. The van der Waals surface area contributed by atoms with Crippen LogP contribution in [-0.2, 0) is 33.3 Å². The molecular weight excluding hydrogens is 406 g/mol. The maximum Gasteiger partial charge on any atom is 0.335 e. The molecule has 1 aliphatic carbocycles. The van der Waals surface area contributed by atoms with E-state index in [2.05, 4.69) is 0 Å². The molecule has 0 spiro atoms. The lowest BCUT2D eigenvalue weighted by Gasteiger charge is -2.23. The molecule has 0 unspecified atom stereocenters. The van der Waals surface area contributed by atoms with Crippen LogP contribution in [0.25, 0.3) is 0 Å². The number of aliphatic carboxylic acids is 2. The summed E-state index contributed by atoms with van der Waals surface area (Å²) in [4.78, 5) is 31.2. The average molecular weight is 437 g/mol. The molecule has 1 saturated carbocycles. The number of fused-ring (bicyclic) bond motifs is 1. The molecule has 0 amide bonds. The molecule has 0 aromatic carbocycles. The number of carboxylic acids is 2. The molecule has 0 aromatic rings. The fraction of sp³-hybridized carbons (Fsp3) is 0.833. The van der Waals surface area contributed by atoms with Crippen LogP contribution in [0.1, 0.15) is 41.0 Å². The van der Waals surface area contributed by atoms with Gasteiger partial charge in [0.25, 0.3) is 0 Å². The summed E-state index contributed by atoms with van der Waals surface area (Å²) < 4.78 is 22.4. The van der Waals surface area contributed by atoms with Crippen molar-refractivity contribution >= 4 is 17.9 Å². The number of aliphatic hydroxyl groups is 2. The molecule has 1 aliphatic heterocycles. The van der Waals surface area contributed by atoms with Gasteiger partial charge in [-0.3, -0.25) is 0 Å². The SMILES string of the molecule is CC(C)(C)OC(=O)CO[C@H]1C[C@@H](N)[C@@H]2OC(C)(C)O[C@@H]21.O=C(O)[C@H](O)[C@@H](O)C(=O)O. The van der Waals surface area contributed by atoms with Crippen LogP contribution in [-0.4, -0.2) is 92.9 Å². The molecule has 1 heterocycles. The summed E-state index contributed by atoms with van der Waals surface area (Å²) in [6.45, 7) is 9.07. The second kappa shape index (κ2) is 9.98. The number of rotatable bonds is 6. The van der Waals surface area contributed by atoms with Crippen molar-refractivity contribution in [3.63, 3.8) is 0 Å². The van der Waals surface area contributed by atoms with Crippen LogP contribution in [0.15, 0.2) is 0 Å². The lowest BCUT2D eigenvalue weighted by atomic mass is 10.2. The van der Waals surface area contributed by atoms with E-state index >= 15 is 0 Å². The van der Waals surface area contributed by atoms with Gasteiger partial charge in [0, 0.05) is 6.04 Å². The molecule has 2 rings (SSSR count). The first kappa shape index (κ1) is 26.2. The number of esters is 1. The highest BCUT2D eigenvalue weighted by atomic mass is 16.8. The van der Waals surface area contributed by atoms with Crippen molar-refractivity contribution in [3.05, 3.63) is 0 Å². The van der Waals surface area contributed by atoms with E-state index in [0.717, 1.165) is 0 Å². The number of hydrogen-bond donors (Lipinski definition) is 5. The third-order valence-corrected chi connectivity index (χ3v) is 4.10. The zero-order valence-corrected chi connectivity index (χ0v) is 17.6. The standard InChI is InChI=1S/C14H25NO5.C4H6O6/c1-13(2,3)18-10(16)7-17-9-6-8(15)11-12(9)20-14(4,5)19-11;5-1(3(7)8)2(6)4(9)10/h8-9,11-12H,6-7,15H2,1-5H3;1-2,5-6H,(H,7,8)(H,9,10)/t8-,9+,11+,12-;1-,2-/m11/s1. The van der Waals surface area contributed by atoms with E-state index in [0.29, 0.717) is 6.42 Å². The first-order valence-electron chi connectivity index (χ1n) is 9.30. The fourth-order valence-electron chi connectivity index (χ4n) is 2.95. The van der Waals surface area contributed by atoms with Crippen molar-refractivity contribution in [3.8, 4) is 0 Å². The summed E-state index contributed by atoms with van der Waals surface area (Å²) in [5, 5.41) is 32.5. The minimum absolute atomic E-state index is 0.0956. The highest BCUT2D eigenvalue weighted by Gasteiger charge is 2.53. The van der Waals surface area contributed by atoms with Gasteiger partial charge < -0.3 is 45.1 Å². The highest BCUT2D eigenvalue weighted by molar-refractivity contribution is 5.83. The van der Waals surface area contributed by atoms with Crippen LogP contribution < -0.4 is 5.73 Å². The number of aliphatic hydroxyl groups excluding tert-OH is 2. The van der Waals surface area contributed by atoms with Gasteiger partial charge in [-0.2, -0.15) is 0 Å². The Morgan fingerprint density at radius 2 is 1.53 bits per heavy atom. The third-order valence-electron chi connectivity index (χ3n) is 4.10. The largest absolute Gasteiger partial charge is 0.479 e. The Labute approximate surface area is 173 Å². The molecule has 6 N–H and O–H groups in total. The third kappa shape index (κ3) is 7.78. The molecule has 0 bridgehead atoms. The molecular formula is C18H31NO11. The average Bonchev–Trinajstić information content (AvgIpc) is 3.04. The van der Waals surface area contributed by atoms with E-state index in [4.69, 9.17) is 45.1 Å². The Hall–Kier alpha value is -1.83. The number of hydrogen-bond acceptors (Lipinski definition) is 10. The molecule has 2 fully saturated rings. The number of nitrogens with two attached hydrogens (primary N) is 1. The lowest BCUT2D eigenvalue weighted by molar-refractivity contribution is -0.176. The Kier molecular flexibility index (Phi) is 8.72. The predicted molar refractivity (Wildman–Crippen MR) is 99.3 cm³/mol. The van der Waals surface area contributed by atoms with E-state index in [-0.39, 0.29) is 36.9 Å². The van der Waals surface area contributed by atoms with Gasteiger partial charge in [-0.05, 0) is 41.0 Å². The summed E-state index contributed by atoms with van der Waals surface area (Å²) in [7, 11) is 0. The molecule has 6 atom stereocenters. The normalized spacial score (nSPS) is 29.2. The van der Waals surface area contributed by atoms with E-state index in [1.54, 1.807) is 0 Å². The monoisotopic (exact) mass is 437 g/mol. The van der Waals surface area contributed by atoms with Gasteiger partial charge in [-0.1, -0.05) is 0 Å². The van der Waals surface area contributed by atoms with E-state index in [1.165, 1.54) is 0 Å². The molecule has 0 aromatic heterocycles. The molecule has 12 heteroatoms. The molecule has 174 valence electrons. The highest BCUT2D eigenvalue weighted by Crippen LogP contribution is 2.38. The number of carboxylic acid groups (broad SMARTS) is 2. The Morgan fingerprint density at radius 1 is 1.07 bits per heavy atom. The molecule has 2 aliphatic rings. The Morgan fingerprint density at radius 3 is 1.97 bits per heavy atom. The van der Waals surface area contributed by atoms with E-state index in [1.807, 2.05) is 34.6 Å². The topological polar surface area (TPSA) is 195 Å². The Bertz CT molecular complexity index is 612. The molecule has 30 heavy (non-hydrogen) atoms. The summed E-state index contributed by atoms with van der Waals surface area (Å²) >= 11 is 0. The van der Waals surface area contributed by atoms with Crippen LogP contribution in [0.2, 0.25) is 0 Å². The van der Waals surface area contributed by atoms with Crippen molar-refractivity contribution in [2.45, 2.75) is 89.0 Å². The van der Waals surface area contributed by atoms with E-state index < -0.39 is 35.5 Å². The summed E-state index contributed by atoms with van der Waals surface area (Å²) in [5.41, 5.74) is 5.53. The summed E-state index contributed by atoms with van der Waals surface area (Å²) in [6, 6.07) is -0.134. The van der Waals surface area contributed by atoms with Crippen LogP contribution in [0.3, 0.4) is 0 Å². The smallest absolute Gasteiger partial charge is 0.335 e. The van der Waals surface area contributed by atoms with Gasteiger partial charge >= 0.3 is 17.9 Å². The van der Waals surface area contributed by atoms with Crippen molar-refractivity contribution in [1.82, 2.24) is 0 Å². The summed E-state index contributed by atoms with van der Waals surface area (Å²) in [6.07, 6.45) is -4.54. The van der Waals surface area contributed by atoms with Crippen LogP contribution in [0.5, 0.6) is 0 Å². The number of carbonyl (C=O) groups excluding carboxylic acids is 1.